The van der Waals surface area contributed by atoms with Gasteiger partial charge in [0.15, 0.2) is 11.5 Å². The standard InChI is InChI=1S/C23H23ClN2O4S/c1-15-5-7-17(8-6-15)31(27,28)26-13-16(12-24)9-21(26)19-14-25(2)20-11-23(30-4)22(29-3)10-18(19)20/h5-11,13-14H,12H2,1-4H3. The fourth-order valence-corrected chi connectivity index (χ4v) is 5.24. The predicted octanol–water partition coefficient (Wildman–Crippen LogP) is 4.95. The number of hydrogen-bond acceptors (Lipinski definition) is 4. The number of nitrogens with zero attached hydrogens (tertiary/aromatic N) is 2. The fourth-order valence-electron chi connectivity index (χ4n) is 3.70. The van der Waals surface area contributed by atoms with Crippen LogP contribution in [0.4, 0.5) is 0 Å². The van der Waals surface area contributed by atoms with Crippen LogP contribution in [-0.2, 0) is 23.0 Å². The van der Waals surface area contributed by atoms with E-state index in [0.717, 1.165) is 22.0 Å². The second-order valence-corrected chi connectivity index (χ2v) is 9.44. The molecule has 0 N–H and O–H groups in total. The largest absolute Gasteiger partial charge is 0.493 e. The number of alkyl halides is 1. The van der Waals surface area contributed by atoms with Crippen molar-refractivity contribution in [2.45, 2.75) is 17.7 Å². The molecule has 2 heterocycles. The molecule has 0 atom stereocenters. The van der Waals surface area contributed by atoms with Crippen molar-refractivity contribution in [3.05, 3.63) is 66.0 Å². The maximum atomic E-state index is 13.5. The Morgan fingerprint density at radius 3 is 2.23 bits per heavy atom. The molecule has 0 saturated heterocycles. The van der Waals surface area contributed by atoms with E-state index in [1.54, 1.807) is 44.7 Å². The van der Waals surface area contributed by atoms with Gasteiger partial charge in [-0.2, -0.15) is 0 Å². The molecule has 6 nitrogen and oxygen atoms in total. The average Bonchev–Trinajstić information content (AvgIpc) is 3.34. The van der Waals surface area contributed by atoms with E-state index in [4.69, 9.17) is 21.1 Å². The van der Waals surface area contributed by atoms with Gasteiger partial charge < -0.3 is 14.0 Å². The monoisotopic (exact) mass is 458 g/mol. The Kier molecular flexibility index (Phi) is 5.49. The van der Waals surface area contributed by atoms with E-state index < -0.39 is 10.0 Å². The van der Waals surface area contributed by atoms with Gasteiger partial charge in [0.25, 0.3) is 10.0 Å². The van der Waals surface area contributed by atoms with E-state index in [1.807, 2.05) is 42.9 Å². The van der Waals surface area contributed by atoms with Crippen LogP contribution in [0, 0.1) is 6.92 Å². The van der Waals surface area contributed by atoms with Crippen LogP contribution in [0.3, 0.4) is 0 Å². The molecule has 0 aliphatic rings. The molecule has 0 unspecified atom stereocenters. The highest BCUT2D eigenvalue weighted by Gasteiger charge is 2.24. The first-order valence-electron chi connectivity index (χ1n) is 9.61. The summed E-state index contributed by atoms with van der Waals surface area (Å²) in [4.78, 5) is 0.218. The molecule has 0 amide bonds. The highest BCUT2D eigenvalue weighted by atomic mass is 35.5. The first kappa shape index (κ1) is 21.3. The van der Waals surface area contributed by atoms with E-state index >= 15 is 0 Å². The van der Waals surface area contributed by atoms with Crippen LogP contribution < -0.4 is 9.47 Å². The van der Waals surface area contributed by atoms with E-state index in [2.05, 4.69) is 0 Å². The van der Waals surface area contributed by atoms with Gasteiger partial charge in [-0.15, -0.1) is 11.6 Å². The summed E-state index contributed by atoms with van der Waals surface area (Å²) < 4.78 is 41.1. The lowest BCUT2D eigenvalue weighted by molar-refractivity contribution is 0.355. The van der Waals surface area contributed by atoms with Crippen LogP contribution in [0.2, 0.25) is 0 Å². The zero-order valence-corrected chi connectivity index (χ0v) is 19.3. The van der Waals surface area contributed by atoms with Crippen molar-refractivity contribution in [1.82, 2.24) is 8.54 Å². The Bertz CT molecular complexity index is 1370. The highest BCUT2D eigenvalue weighted by Crippen LogP contribution is 2.39. The molecule has 8 heteroatoms. The van der Waals surface area contributed by atoms with Gasteiger partial charge in [-0.3, -0.25) is 0 Å². The minimum atomic E-state index is -3.82. The summed E-state index contributed by atoms with van der Waals surface area (Å²) in [5, 5.41) is 0.847. The zero-order chi connectivity index (χ0) is 22.3. The lowest BCUT2D eigenvalue weighted by Gasteiger charge is -2.11. The molecule has 0 radical (unpaired) electrons. The first-order valence-corrected chi connectivity index (χ1v) is 11.6. The van der Waals surface area contributed by atoms with Crippen molar-refractivity contribution >= 4 is 32.5 Å². The maximum Gasteiger partial charge on any atom is 0.268 e. The van der Waals surface area contributed by atoms with Crippen molar-refractivity contribution in [2.75, 3.05) is 14.2 Å². The maximum absolute atomic E-state index is 13.5. The zero-order valence-electron chi connectivity index (χ0n) is 17.7. The number of halogens is 1. The molecule has 0 spiro atoms. The van der Waals surface area contributed by atoms with Crippen molar-refractivity contribution in [3.63, 3.8) is 0 Å². The lowest BCUT2D eigenvalue weighted by Crippen LogP contribution is -2.13. The summed E-state index contributed by atoms with van der Waals surface area (Å²) in [7, 11) is 1.24. The van der Waals surface area contributed by atoms with Crippen LogP contribution >= 0.6 is 11.6 Å². The van der Waals surface area contributed by atoms with E-state index in [1.165, 1.54) is 3.97 Å². The molecule has 0 fully saturated rings. The van der Waals surface area contributed by atoms with Gasteiger partial charge in [0.05, 0.1) is 30.3 Å². The fraction of sp³-hybridized carbons (Fsp3) is 0.217. The van der Waals surface area contributed by atoms with Crippen molar-refractivity contribution in [2.24, 2.45) is 7.05 Å². The third-order valence-corrected chi connectivity index (χ3v) is 7.34. The molecule has 4 aromatic rings. The molecule has 2 aromatic carbocycles. The number of methoxy groups -OCH3 is 2. The predicted molar refractivity (Wildman–Crippen MR) is 123 cm³/mol. The van der Waals surface area contributed by atoms with Gasteiger partial charge >= 0.3 is 0 Å². The molecule has 0 saturated carbocycles. The molecular formula is C23H23ClN2O4S. The summed E-state index contributed by atoms with van der Waals surface area (Å²) in [6.07, 6.45) is 3.48. The Hall–Kier alpha value is -2.90. The molecule has 2 aromatic heterocycles. The van der Waals surface area contributed by atoms with E-state index in [0.29, 0.717) is 22.8 Å². The van der Waals surface area contributed by atoms with Crippen LogP contribution in [0.25, 0.3) is 22.2 Å². The van der Waals surface area contributed by atoms with Crippen molar-refractivity contribution < 1.29 is 17.9 Å². The molecular weight excluding hydrogens is 436 g/mol. The van der Waals surface area contributed by atoms with E-state index in [-0.39, 0.29) is 10.8 Å². The van der Waals surface area contributed by atoms with Gasteiger partial charge in [0.2, 0.25) is 0 Å². The quantitative estimate of drug-likeness (QED) is 0.383. The number of hydrogen-bond donors (Lipinski definition) is 0. The smallest absolute Gasteiger partial charge is 0.268 e. The third kappa shape index (κ3) is 3.58. The number of benzene rings is 2. The summed E-state index contributed by atoms with van der Waals surface area (Å²) in [5.74, 6) is 1.37. The van der Waals surface area contributed by atoms with Gasteiger partial charge in [0, 0.05) is 42.3 Å². The minimum absolute atomic E-state index is 0.200. The molecule has 4 rings (SSSR count). The van der Waals surface area contributed by atoms with Crippen LogP contribution in [0.5, 0.6) is 11.5 Å². The molecule has 31 heavy (non-hydrogen) atoms. The van der Waals surface area contributed by atoms with E-state index in [9.17, 15) is 8.42 Å². The SMILES string of the molecule is COc1cc2c(-c3cc(CCl)cn3S(=O)(=O)c3ccc(C)cc3)cn(C)c2cc1OC. The normalized spacial score (nSPS) is 11.8. The second kappa shape index (κ2) is 7.98. The Morgan fingerprint density at radius 2 is 1.61 bits per heavy atom. The molecule has 0 aliphatic carbocycles. The number of ether oxygens (including phenoxy) is 2. The highest BCUT2D eigenvalue weighted by molar-refractivity contribution is 7.90. The molecule has 0 bridgehead atoms. The Balaban J connectivity index is 1.99. The molecule has 0 aliphatic heterocycles. The molecule has 162 valence electrons. The summed E-state index contributed by atoms with van der Waals surface area (Å²) in [6.45, 7) is 1.92. The summed E-state index contributed by atoms with van der Waals surface area (Å²) in [6, 6.07) is 12.4. The number of fused-ring (bicyclic) bond motifs is 1. The number of rotatable bonds is 6. The van der Waals surface area contributed by atoms with Crippen LogP contribution in [0.15, 0.2) is 59.8 Å². The number of aromatic nitrogens is 2. The van der Waals surface area contributed by atoms with Crippen LogP contribution in [-0.4, -0.2) is 31.2 Å². The summed E-state index contributed by atoms with van der Waals surface area (Å²) >= 11 is 6.08. The van der Waals surface area contributed by atoms with Gasteiger partial charge in [0.1, 0.15) is 0 Å². The van der Waals surface area contributed by atoms with Crippen LogP contribution in [0.1, 0.15) is 11.1 Å². The first-order chi connectivity index (χ1) is 14.8. The second-order valence-electron chi connectivity index (χ2n) is 7.36. The van der Waals surface area contributed by atoms with Gasteiger partial charge in [-0.05, 0) is 36.8 Å². The minimum Gasteiger partial charge on any atom is -0.493 e. The van der Waals surface area contributed by atoms with Gasteiger partial charge in [-0.1, -0.05) is 17.7 Å². The Labute approximate surface area is 186 Å². The topological polar surface area (TPSA) is 62.5 Å². The average molecular weight is 459 g/mol. The van der Waals surface area contributed by atoms with Crippen molar-refractivity contribution in [3.8, 4) is 22.8 Å². The Morgan fingerprint density at radius 1 is 0.968 bits per heavy atom. The number of aryl methyl sites for hydroxylation is 2. The summed E-state index contributed by atoms with van der Waals surface area (Å²) in [5.41, 5.74) is 3.88. The third-order valence-electron chi connectivity index (χ3n) is 5.35. The lowest BCUT2D eigenvalue weighted by atomic mass is 10.1. The van der Waals surface area contributed by atoms with Crippen molar-refractivity contribution in [1.29, 1.82) is 0 Å². The van der Waals surface area contributed by atoms with Gasteiger partial charge in [-0.25, -0.2) is 12.4 Å².